The van der Waals surface area contributed by atoms with Gasteiger partial charge in [0.05, 0.1) is 0 Å². The van der Waals surface area contributed by atoms with Crippen LogP contribution in [0.15, 0.2) is 36.7 Å². The predicted octanol–water partition coefficient (Wildman–Crippen LogP) is 2.34. The number of carbonyl (C=O) groups is 1. The molecule has 17 heavy (non-hydrogen) atoms. The Morgan fingerprint density at radius 3 is 2.71 bits per heavy atom. The molecule has 0 fully saturated rings. The highest BCUT2D eigenvalue weighted by Crippen LogP contribution is 2.15. The van der Waals surface area contributed by atoms with Gasteiger partial charge in [-0.3, -0.25) is 4.79 Å². The van der Waals surface area contributed by atoms with E-state index in [9.17, 15) is 4.79 Å². The molecule has 0 saturated carbocycles. The summed E-state index contributed by atoms with van der Waals surface area (Å²) in [6.07, 6.45) is 3.30. The van der Waals surface area contributed by atoms with Crippen LogP contribution in [0.4, 0.5) is 0 Å². The minimum absolute atomic E-state index is 0.0352. The summed E-state index contributed by atoms with van der Waals surface area (Å²) in [6.45, 7) is -0.0352. The van der Waals surface area contributed by atoms with Gasteiger partial charge in [-0.2, -0.15) is 0 Å². The number of ether oxygens (including phenoxy) is 1. The van der Waals surface area contributed by atoms with Crippen LogP contribution >= 0.6 is 11.6 Å². The summed E-state index contributed by atoms with van der Waals surface area (Å²) in [7, 11) is 1.77. The molecule has 0 atom stereocenters. The number of benzene rings is 1. The van der Waals surface area contributed by atoms with E-state index < -0.39 is 0 Å². The lowest BCUT2D eigenvalue weighted by Crippen LogP contribution is -2.15. The molecule has 2 aromatic rings. The van der Waals surface area contributed by atoms with Crippen LogP contribution in [0.1, 0.15) is 10.6 Å². The van der Waals surface area contributed by atoms with Gasteiger partial charge in [0.25, 0.3) is 0 Å². The molecule has 0 unspecified atom stereocenters. The van der Waals surface area contributed by atoms with Crippen molar-refractivity contribution in [2.75, 3.05) is 6.61 Å². The van der Waals surface area contributed by atoms with E-state index >= 15 is 0 Å². The van der Waals surface area contributed by atoms with Gasteiger partial charge in [0, 0.05) is 24.5 Å². The van der Waals surface area contributed by atoms with Crippen molar-refractivity contribution in [2.24, 2.45) is 7.05 Å². The van der Waals surface area contributed by atoms with E-state index in [1.807, 2.05) is 0 Å². The van der Waals surface area contributed by atoms with E-state index in [0.717, 1.165) is 0 Å². The summed E-state index contributed by atoms with van der Waals surface area (Å²) in [5, 5.41) is 0.632. The lowest BCUT2D eigenvalue weighted by molar-refractivity contribution is 0.0908. The first-order valence-corrected chi connectivity index (χ1v) is 5.43. The van der Waals surface area contributed by atoms with Gasteiger partial charge in [0.2, 0.25) is 5.78 Å². The zero-order valence-corrected chi connectivity index (χ0v) is 10.0. The van der Waals surface area contributed by atoms with Crippen LogP contribution < -0.4 is 4.74 Å². The fourth-order valence-corrected chi connectivity index (χ4v) is 1.50. The van der Waals surface area contributed by atoms with Gasteiger partial charge in [-0.25, -0.2) is 4.98 Å². The zero-order chi connectivity index (χ0) is 12.3. The molecule has 88 valence electrons. The van der Waals surface area contributed by atoms with Crippen LogP contribution in [-0.2, 0) is 7.05 Å². The summed E-state index contributed by atoms with van der Waals surface area (Å²) < 4.78 is 7.00. The van der Waals surface area contributed by atoms with E-state index in [-0.39, 0.29) is 12.4 Å². The zero-order valence-electron chi connectivity index (χ0n) is 9.26. The SMILES string of the molecule is Cn1ccnc1C(=O)COc1ccc(Cl)cc1. The summed E-state index contributed by atoms with van der Waals surface area (Å²) in [5.74, 6) is 0.836. The first-order chi connectivity index (χ1) is 8.16. The van der Waals surface area contributed by atoms with E-state index in [0.29, 0.717) is 16.6 Å². The summed E-state index contributed by atoms with van der Waals surface area (Å²) in [6, 6.07) is 6.85. The predicted molar refractivity (Wildman–Crippen MR) is 64.5 cm³/mol. The molecule has 5 heteroatoms. The number of aryl methyl sites for hydroxylation is 1. The molecular weight excluding hydrogens is 240 g/mol. The third-order valence-electron chi connectivity index (χ3n) is 2.25. The molecule has 0 bridgehead atoms. The molecule has 1 aromatic carbocycles. The van der Waals surface area contributed by atoms with Crippen molar-refractivity contribution < 1.29 is 9.53 Å². The van der Waals surface area contributed by atoms with Gasteiger partial charge < -0.3 is 9.30 Å². The van der Waals surface area contributed by atoms with Crippen LogP contribution in [0.25, 0.3) is 0 Å². The maximum absolute atomic E-state index is 11.7. The Morgan fingerprint density at radius 1 is 1.41 bits per heavy atom. The lowest BCUT2D eigenvalue weighted by Gasteiger charge is -2.05. The number of imidazole rings is 1. The number of hydrogen-bond acceptors (Lipinski definition) is 3. The Hall–Kier alpha value is -1.81. The Morgan fingerprint density at radius 2 is 2.12 bits per heavy atom. The van der Waals surface area contributed by atoms with Gasteiger partial charge in [-0.1, -0.05) is 11.6 Å². The van der Waals surface area contributed by atoms with Crippen molar-refractivity contribution in [1.82, 2.24) is 9.55 Å². The van der Waals surface area contributed by atoms with E-state index in [2.05, 4.69) is 4.98 Å². The van der Waals surface area contributed by atoms with Gasteiger partial charge >= 0.3 is 0 Å². The molecule has 0 aliphatic carbocycles. The van der Waals surface area contributed by atoms with Crippen LogP contribution in [0.5, 0.6) is 5.75 Å². The van der Waals surface area contributed by atoms with Crippen molar-refractivity contribution in [1.29, 1.82) is 0 Å². The number of aromatic nitrogens is 2. The molecule has 2 rings (SSSR count). The van der Waals surface area contributed by atoms with E-state index in [1.165, 1.54) is 0 Å². The molecular formula is C12H11ClN2O2. The van der Waals surface area contributed by atoms with Crippen LogP contribution in [0, 0.1) is 0 Å². The van der Waals surface area contributed by atoms with Gasteiger partial charge in [0.15, 0.2) is 12.4 Å². The normalized spacial score (nSPS) is 10.2. The second kappa shape index (κ2) is 5.01. The fourth-order valence-electron chi connectivity index (χ4n) is 1.38. The number of rotatable bonds is 4. The second-order valence-electron chi connectivity index (χ2n) is 3.53. The molecule has 0 saturated heterocycles. The highest BCUT2D eigenvalue weighted by molar-refractivity contribution is 6.30. The van der Waals surface area contributed by atoms with E-state index in [1.54, 1.807) is 48.3 Å². The average molecular weight is 251 g/mol. The molecule has 4 nitrogen and oxygen atoms in total. The average Bonchev–Trinajstić information content (AvgIpc) is 2.74. The van der Waals surface area contributed by atoms with Crippen molar-refractivity contribution in [3.8, 4) is 5.75 Å². The first kappa shape index (κ1) is 11.7. The molecule has 0 aliphatic rings. The second-order valence-corrected chi connectivity index (χ2v) is 3.96. The smallest absolute Gasteiger partial charge is 0.235 e. The summed E-state index contributed by atoms with van der Waals surface area (Å²) >= 11 is 5.74. The number of hydrogen-bond donors (Lipinski definition) is 0. The number of nitrogens with zero attached hydrogens (tertiary/aromatic N) is 2. The van der Waals surface area contributed by atoms with Crippen molar-refractivity contribution >= 4 is 17.4 Å². The molecule has 0 N–H and O–H groups in total. The highest BCUT2D eigenvalue weighted by Gasteiger charge is 2.11. The Bertz CT molecular complexity index is 520. The van der Waals surface area contributed by atoms with Crippen molar-refractivity contribution in [3.05, 3.63) is 47.5 Å². The van der Waals surface area contributed by atoms with E-state index in [4.69, 9.17) is 16.3 Å². The minimum atomic E-state index is -0.160. The standard InChI is InChI=1S/C12H11ClN2O2/c1-15-7-6-14-12(15)11(16)8-17-10-4-2-9(13)3-5-10/h2-7H,8H2,1H3. The number of halogens is 1. The fraction of sp³-hybridized carbons (Fsp3) is 0.167. The Labute approximate surface area is 104 Å². The number of ketones is 1. The first-order valence-electron chi connectivity index (χ1n) is 5.05. The van der Waals surface area contributed by atoms with Gasteiger partial charge in [-0.05, 0) is 24.3 Å². The third-order valence-corrected chi connectivity index (χ3v) is 2.51. The summed E-state index contributed by atoms with van der Waals surface area (Å²) in [5.41, 5.74) is 0. The largest absolute Gasteiger partial charge is 0.485 e. The van der Waals surface area contributed by atoms with Crippen molar-refractivity contribution in [2.45, 2.75) is 0 Å². The quantitative estimate of drug-likeness (QED) is 0.783. The Balaban J connectivity index is 1.97. The molecule has 1 heterocycles. The summed E-state index contributed by atoms with van der Waals surface area (Å²) in [4.78, 5) is 15.7. The van der Waals surface area contributed by atoms with Crippen LogP contribution in [0.3, 0.4) is 0 Å². The van der Waals surface area contributed by atoms with Gasteiger partial charge in [-0.15, -0.1) is 0 Å². The highest BCUT2D eigenvalue weighted by atomic mass is 35.5. The van der Waals surface area contributed by atoms with Crippen molar-refractivity contribution in [3.63, 3.8) is 0 Å². The Kier molecular flexibility index (Phi) is 3.44. The molecule has 1 aromatic heterocycles. The molecule has 0 aliphatic heterocycles. The van der Waals surface area contributed by atoms with Crippen LogP contribution in [-0.4, -0.2) is 21.9 Å². The van der Waals surface area contributed by atoms with Crippen LogP contribution in [0.2, 0.25) is 5.02 Å². The maximum Gasteiger partial charge on any atom is 0.235 e. The maximum atomic E-state index is 11.7. The monoisotopic (exact) mass is 250 g/mol. The third kappa shape index (κ3) is 2.85. The number of Topliss-reactive ketones (excluding diaryl/α,β-unsaturated/α-hetero) is 1. The lowest BCUT2D eigenvalue weighted by atomic mass is 10.3. The minimum Gasteiger partial charge on any atom is -0.485 e. The number of carbonyl (C=O) groups excluding carboxylic acids is 1. The topological polar surface area (TPSA) is 44.1 Å². The molecule has 0 amide bonds. The molecule has 0 radical (unpaired) electrons. The molecule has 0 spiro atoms. The van der Waals surface area contributed by atoms with Gasteiger partial charge in [0.1, 0.15) is 5.75 Å².